The molecule has 0 aliphatic carbocycles. The number of methoxy groups -OCH3 is 2. The minimum absolute atomic E-state index is 0.0482. The second kappa shape index (κ2) is 7.44. The molecule has 0 spiro atoms. The summed E-state index contributed by atoms with van der Waals surface area (Å²) in [6, 6.07) is 9.98. The predicted molar refractivity (Wildman–Crippen MR) is 90.3 cm³/mol. The third kappa shape index (κ3) is 3.92. The lowest BCUT2D eigenvalue weighted by Crippen LogP contribution is -2.13. The number of hydrogen-bond donors (Lipinski definition) is 1. The van der Waals surface area contributed by atoms with Gasteiger partial charge in [-0.1, -0.05) is 5.11 Å². The van der Waals surface area contributed by atoms with Gasteiger partial charge in [0.25, 0.3) is 10.0 Å². The topological polar surface area (TPSA) is 137 Å². The molecule has 9 nitrogen and oxygen atoms in total. The zero-order valence-corrected chi connectivity index (χ0v) is 14.1. The molecule has 0 aliphatic heterocycles. The summed E-state index contributed by atoms with van der Waals surface area (Å²) in [6.07, 6.45) is 0. The molecule has 0 aromatic heterocycles. The van der Waals surface area contributed by atoms with E-state index >= 15 is 0 Å². The number of rotatable bonds is 6. The molecule has 0 aliphatic rings. The molecule has 0 bridgehead atoms. The molecule has 2 aromatic carbocycles. The lowest BCUT2D eigenvalue weighted by atomic mass is 10.2. The maximum Gasteiger partial charge on any atom is 0.261 e. The first-order chi connectivity index (χ1) is 11.9. The van der Waals surface area contributed by atoms with Crippen LogP contribution in [0, 0.1) is 11.3 Å². The average Bonchev–Trinajstić information content (AvgIpc) is 2.61. The number of hydrogen-bond acceptors (Lipinski definition) is 6. The Hall–Kier alpha value is -3.41. The van der Waals surface area contributed by atoms with Crippen molar-refractivity contribution in [2.45, 2.75) is 4.90 Å². The summed E-state index contributed by atoms with van der Waals surface area (Å²) in [6.45, 7) is 0. The number of sulfonamides is 1. The second-order valence-corrected chi connectivity index (χ2v) is 6.34. The molecular weight excluding hydrogens is 346 g/mol. The van der Waals surface area contributed by atoms with Gasteiger partial charge in [0.05, 0.1) is 42.1 Å². The normalized spacial score (nSPS) is 10.3. The van der Waals surface area contributed by atoms with Crippen LogP contribution >= 0.6 is 0 Å². The molecular formula is C15H13N5O4S. The fraction of sp³-hybridized carbons (Fsp3) is 0.133. The van der Waals surface area contributed by atoms with Gasteiger partial charge >= 0.3 is 0 Å². The number of ether oxygens (including phenoxy) is 2. The van der Waals surface area contributed by atoms with Crippen LogP contribution in [-0.2, 0) is 10.0 Å². The molecule has 0 atom stereocenters. The van der Waals surface area contributed by atoms with Crippen LogP contribution in [0.3, 0.4) is 0 Å². The van der Waals surface area contributed by atoms with Crippen molar-refractivity contribution >= 4 is 21.4 Å². The summed E-state index contributed by atoms with van der Waals surface area (Å²) in [7, 11) is -1.05. The molecule has 0 amide bonds. The third-order valence-corrected chi connectivity index (χ3v) is 4.57. The fourth-order valence-corrected chi connectivity index (χ4v) is 3.10. The van der Waals surface area contributed by atoms with Gasteiger partial charge < -0.3 is 9.47 Å². The van der Waals surface area contributed by atoms with Crippen LogP contribution < -0.4 is 14.2 Å². The Balaban J connectivity index is 2.40. The van der Waals surface area contributed by atoms with Gasteiger partial charge in [0.15, 0.2) is 11.5 Å². The highest BCUT2D eigenvalue weighted by atomic mass is 32.2. The van der Waals surface area contributed by atoms with Crippen LogP contribution in [0.15, 0.2) is 46.4 Å². The van der Waals surface area contributed by atoms with E-state index in [1.54, 1.807) is 12.1 Å². The van der Waals surface area contributed by atoms with E-state index in [1.165, 1.54) is 38.5 Å². The predicted octanol–water partition coefficient (Wildman–Crippen LogP) is 3.32. The molecule has 0 fully saturated rings. The molecule has 0 heterocycles. The summed E-state index contributed by atoms with van der Waals surface area (Å²) < 4.78 is 37.6. The summed E-state index contributed by atoms with van der Waals surface area (Å²) >= 11 is 0. The molecule has 0 radical (unpaired) electrons. The largest absolute Gasteiger partial charge is 0.493 e. The molecule has 0 unspecified atom stereocenters. The lowest BCUT2D eigenvalue weighted by molar-refractivity contribution is 0.355. The van der Waals surface area contributed by atoms with E-state index in [-0.39, 0.29) is 21.8 Å². The summed E-state index contributed by atoms with van der Waals surface area (Å²) in [5, 5.41) is 12.4. The van der Waals surface area contributed by atoms with E-state index < -0.39 is 10.0 Å². The van der Waals surface area contributed by atoms with E-state index in [0.717, 1.165) is 6.07 Å². The minimum Gasteiger partial charge on any atom is -0.493 e. The molecule has 0 saturated heterocycles. The first-order valence-corrected chi connectivity index (χ1v) is 8.27. The SMILES string of the molecule is COc1ccc(NS(=O)(=O)c2ccc(N=[N+]=[N-])c(C#N)c2)cc1OC. The Morgan fingerprint density at radius 3 is 2.48 bits per heavy atom. The lowest BCUT2D eigenvalue weighted by Gasteiger charge is -2.12. The number of anilines is 1. The van der Waals surface area contributed by atoms with E-state index in [9.17, 15) is 8.42 Å². The number of benzene rings is 2. The highest BCUT2D eigenvalue weighted by Crippen LogP contribution is 2.31. The van der Waals surface area contributed by atoms with Crippen LogP contribution in [0.1, 0.15) is 5.56 Å². The van der Waals surface area contributed by atoms with E-state index in [0.29, 0.717) is 11.5 Å². The zero-order chi connectivity index (χ0) is 18.4. The van der Waals surface area contributed by atoms with Gasteiger partial charge in [-0.05, 0) is 35.9 Å². The second-order valence-electron chi connectivity index (χ2n) is 4.66. The monoisotopic (exact) mass is 359 g/mol. The Labute approximate surface area is 144 Å². The fourth-order valence-electron chi connectivity index (χ4n) is 2.02. The summed E-state index contributed by atoms with van der Waals surface area (Å²) in [5.74, 6) is 0.815. The van der Waals surface area contributed by atoms with Crippen molar-refractivity contribution < 1.29 is 17.9 Å². The Bertz CT molecular complexity index is 991. The molecule has 1 N–H and O–H groups in total. The van der Waals surface area contributed by atoms with E-state index in [4.69, 9.17) is 20.3 Å². The van der Waals surface area contributed by atoms with Gasteiger partial charge in [-0.15, -0.1) is 0 Å². The van der Waals surface area contributed by atoms with Crippen molar-refractivity contribution in [2.24, 2.45) is 5.11 Å². The van der Waals surface area contributed by atoms with Crippen molar-refractivity contribution in [3.63, 3.8) is 0 Å². The van der Waals surface area contributed by atoms with Crippen LogP contribution in [0.5, 0.6) is 11.5 Å². The van der Waals surface area contributed by atoms with E-state index in [1.807, 2.05) is 0 Å². The third-order valence-electron chi connectivity index (χ3n) is 3.19. The minimum atomic E-state index is -3.95. The van der Waals surface area contributed by atoms with Gasteiger partial charge in [0.1, 0.15) is 0 Å². The van der Waals surface area contributed by atoms with Crippen LogP contribution in [0.25, 0.3) is 10.4 Å². The number of nitrogens with one attached hydrogen (secondary N) is 1. The molecule has 25 heavy (non-hydrogen) atoms. The van der Waals surface area contributed by atoms with E-state index in [2.05, 4.69) is 14.7 Å². The van der Waals surface area contributed by atoms with Crippen molar-refractivity contribution in [2.75, 3.05) is 18.9 Å². The van der Waals surface area contributed by atoms with Crippen molar-refractivity contribution in [3.8, 4) is 17.6 Å². The molecule has 0 saturated carbocycles. The Morgan fingerprint density at radius 2 is 1.88 bits per heavy atom. The molecule has 2 rings (SSSR count). The number of azide groups is 1. The van der Waals surface area contributed by atoms with Crippen molar-refractivity contribution in [1.82, 2.24) is 0 Å². The van der Waals surface area contributed by atoms with Gasteiger partial charge in [-0.2, -0.15) is 5.26 Å². The first-order valence-electron chi connectivity index (χ1n) is 6.79. The summed E-state index contributed by atoms with van der Waals surface area (Å²) in [5.41, 5.74) is 8.71. The van der Waals surface area contributed by atoms with Crippen molar-refractivity contribution in [1.29, 1.82) is 5.26 Å². The van der Waals surface area contributed by atoms with Crippen molar-refractivity contribution in [3.05, 3.63) is 52.4 Å². The average molecular weight is 359 g/mol. The smallest absolute Gasteiger partial charge is 0.261 e. The summed E-state index contributed by atoms with van der Waals surface area (Å²) in [4.78, 5) is 2.45. The highest BCUT2D eigenvalue weighted by molar-refractivity contribution is 7.92. The van der Waals surface area contributed by atoms with Gasteiger partial charge in [-0.3, -0.25) is 4.72 Å². The van der Waals surface area contributed by atoms with Crippen LogP contribution in [0.4, 0.5) is 11.4 Å². The first kappa shape index (κ1) is 17.9. The van der Waals surface area contributed by atoms with Crippen LogP contribution in [-0.4, -0.2) is 22.6 Å². The quantitative estimate of drug-likeness (QED) is 0.479. The maximum absolute atomic E-state index is 12.5. The molecule has 2 aromatic rings. The molecule has 128 valence electrons. The number of nitrogens with zero attached hydrogens (tertiary/aromatic N) is 4. The van der Waals surface area contributed by atoms with Gasteiger partial charge in [0, 0.05) is 11.0 Å². The highest BCUT2D eigenvalue weighted by Gasteiger charge is 2.17. The van der Waals surface area contributed by atoms with Gasteiger partial charge in [0.2, 0.25) is 0 Å². The van der Waals surface area contributed by atoms with Gasteiger partial charge in [-0.25, -0.2) is 8.42 Å². The molecule has 10 heteroatoms. The Morgan fingerprint density at radius 1 is 1.16 bits per heavy atom. The standard InChI is InChI=1S/C15H13N5O4S/c1-23-14-6-3-11(8-15(14)24-2)19-25(21,22)12-4-5-13(18-20-17)10(7-12)9-16/h3-8,19H,1-2H3. The zero-order valence-electron chi connectivity index (χ0n) is 13.3. The number of nitriles is 1. The maximum atomic E-state index is 12.5. The van der Waals surface area contributed by atoms with Crippen LogP contribution in [0.2, 0.25) is 0 Å². The Kier molecular flexibility index (Phi) is 5.34.